The molecule has 0 radical (unpaired) electrons. The first-order valence-corrected chi connectivity index (χ1v) is 13.6. The fourth-order valence-corrected chi connectivity index (χ4v) is 6.22. The van der Waals surface area contributed by atoms with Gasteiger partial charge in [0, 0.05) is 10.4 Å². The van der Waals surface area contributed by atoms with Gasteiger partial charge in [-0.15, -0.1) is 11.3 Å². The SMILES string of the molecule is COc1ccc(-c2nc3ccc(C(=O)OCC(=O)Nc4sc5c(c4C#N)CCC(C(C)(C)C)C5)cc3[nH]2)cc1. The van der Waals surface area contributed by atoms with Crippen LogP contribution in [0.1, 0.15) is 53.6 Å². The average molecular weight is 543 g/mol. The minimum atomic E-state index is -0.619. The molecule has 4 aromatic rings. The second-order valence-corrected chi connectivity index (χ2v) is 11.9. The van der Waals surface area contributed by atoms with Crippen LogP contribution in [-0.2, 0) is 22.4 Å². The molecular weight excluding hydrogens is 512 g/mol. The summed E-state index contributed by atoms with van der Waals surface area (Å²) in [6.45, 7) is 6.27. The van der Waals surface area contributed by atoms with Crippen LogP contribution in [0.25, 0.3) is 22.4 Å². The number of amides is 1. The van der Waals surface area contributed by atoms with E-state index in [1.807, 2.05) is 24.3 Å². The number of ether oxygens (including phenoxy) is 2. The first-order chi connectivity index (χ1) is 18.7. The molecule has 2 aromatic carbocycles. The van der Waals surface area contributed by atoms with Crippen LogP contribution in [0.2, 0.25) is 0 Å². The number of nitrogens with zero attached hydrogens (tertiary/aromatic N) is 2. The summed E-state index contributed by atoms with van der Waals surface area (Å²) < 4.78 is 10.5. The molecule has 0 fully saturated rings. The number of rotatable bonds is 6. The van der Waals surface area contributed by atoms with Crippen molar-refractivity contribution in [3.63, 3.8) is 0 Å². The number of hydrogen-bond donors (Lipinski definition) is 2. The van der Waals surface area contributed by atoms with Crippen LogP contribution < -0.4 is 10.1 Å². The Morgan fingerprint density at radius 3 is 2.67 bits per heavy atom. The Hall–Kier alpha value is -4.16. The molecule has 0 spiro atoms. The highest BCUT2D eigenvalue weighted by molar-refractivity contribution is 7.16. The fraction of sp³-hybridized carbons (Fsp3) is 0.333. The van der Waals surface area contributed by atoms with E-state index in [-0.39, 0.29) is 5.41 Å². The lowest BCUT2D eigenvalue weighted by Gasteiger charge is -2.33. The number of aromatic nitrogens is 2. The highest BCUT2D eigenvalue weighted by Crippen LogP contribution is 2.44. The summed E-state index contributed by atoms with van der Waals surface area (Å²) in [6.07, 6.45) is 2.76. The highest BCUT2D eigenvalue weighted by Gasteiger charge is 2.32. The number of anilines is 1. The van der Waals surface area contributed by atoms with Gasteiger partial charge >= 0.3 is 5.97 Å². The molecule has 2 N–H and O–H groups in total. The van der Waals surface area contributed by atoms with Gasteiger partial charge in [-0.1, -0.05) is 20.8 Å². The largest absolute Gasteiger partial charge is 0.497 e. The molecule has 39 heavy (non-hydrogen) atoms. The van der Waals surface area contributed by atoms with E-state index in [1.165, 1.54) is 11.3 Å². The van der Waals surface area contributed by atoms with Crippen molar-refractivity contribution in [2.45, 2.75) is 40.0 Å². The topological polar surface area (TPSA) is 117 Å². The summed E-state index contributed by atoms with van der Waals surface area (Å²) in [4.78, 5) is 34.3. The summed E-state index contributed by atoms with van der Waals surface area (Å²) in [6, 6.07) is 14.8. The Kier molecular flexibility index (Phi) is 7.15. The number of esters is 1. The first kappa shape index (κ1) is 26.4. The van der Waals surface area contributed by atoms with Crippen molar-refractivity contribution in [1.82, 2.24) is 9.97 Å². The van der Waals surface area contributed by atoms with Gasteiger partial charge in [0.05, 0.1) is 29.3 Å². The third kappa shape index (κ3) is 5.52. The minimum Gasteiger partial charge on any atom is -0.497 e. The molecule has 9 heteroatoms. The van der Waals surface area contributed by atoms with E-state index in [0.717, 1.165) is 41.0 Å². The van der Waals surface area contributed by atoms with Crippen molar-refractivity contribution in [2.24, 2.45) is 11.3 Å². The van der Waals surface area contributed by atoms with E-state index in [2.05, 4.69) is 42.1 Å². The number of H-pyrrole nitrogens is 1. The summed E-state index contributed by atoms with van der Waals surface area (Å²) in [5, 5.41) is 13.1. The molecule has 1 atom stereocenters. The van der Waals surface area contributed by atoms with Gasteiger partial charge in [-0.05, 0) is 78.6 Å². The van der Waals surface area contributed by atoms with Crippen LogP contribution in [-0.4, -0.2) is 35.6 Å². The number of hydrogen-bond acceptors (Lipinski definition) is 7. The lowest BCUT2D eigenvalue weighted by Crippen LogP contribution is -2.26. The normalized spacial score (nSPS) is 14.9. The van der Waals surface area contributed by atoms with Crippen LogP contribution in [0.3, 0.4) is 0 Å². The minimum absolute atomic E-state index is 0.183. The molecular formula is C30H30N4O4S. The zero-order valence-corrected chi connectivity index (χ0v) is 23.2. The van der Waals surface area contributed by atoms with Crippen molar-refractivity contribution in [1.29, 1.82) is 5.26 Å². The van der Waals surface area contributed by atoms with Gasteiger partial charge in [-0.25, -0.2) is 9.78 Å². The van der Waals surface area contributed by atoms with Crippen LogP contribution in [0.4, 0.5) is 5.00 Å². The van der Waals surface area contributed by atoms with Crippen LogP contribution in [0.15, 0.2) is 42.5 Å². The Labute approximate surface area is 231 Å². The van der Waals surface area contributed by atoms with Crippen LogP contribution >= 0.6 is 11.3 Å². The molecule has 5 rings (SSSR count). The number of aromatic amines is 1. The molecule has 0 saturated heterocycles. The number of methoxy groups -OCH3 is 1. The second-order valence-electron chi connectivity index (χ2n) is 10.8. The van der Waals surface area contributed by atoms with Crippen molar-refractivity contribution in [3.05, 3.63) is 64.0 Å². The number of thiophene rings is 1. The average Bonchev–Trinajstić information content (AvgIpc) is 3.51. The third-order valence-corrected chi connectivity index (χ3v) is 8.44. The molecule has 2 heterocycles. The van der Waals surface area contributed by atoms with Gasteiger partial charge in [0.2, 0.25) is 0 Å². The van der Waals surface area contributed by atoms with E-state index in [1.54, 1.807) is 25.3 Å². The van der Waals surface area contributed by atoms with Crippen molar-refractivity contribution in [2.75, 3.05) is 19.0 Å². The molecule has 200 valence electrons. The van der Waals surface area contributed by atoms with E-state index in [9.17, 15) is 14.9 Å². The van der Waals surface area contributed by atoms with E-state index >= 15 is 0 Å². The summed E-state index contributed by atoms with van der Waals surface area (Å²) >= 11 is 1.46. The molecule has 1 aliphatic rings. The van der Waals surface area contributed by atoms with Crippen LogP contribution in [0.5, 0.6) is 5.75 Å². The number of nitriles is 1. The summed E-state index contributed by atoms with van der Waals surface area (Å²) in [5.41, 5.74) is 4.32. The van der Waals surface area contributed by atoms with E-state index in [4.69, 9.17) is 9.47 Å². The van der Waals surface area contributed by atoms with Crippen molar-refractivity contribution in [3.8, 4) is 23.2 Å². The Morgan fingerprint density at radius 2 is 1.97 bits per heavy atom. The zero-order chi connectivity index (χ0) is 27.7. The van der Waals surface area contributed by atoms with Gasteiger partial charge in [-0.2, -0.15) is 5.26 Å². The number of imidazole rings is 1. The maximum atomic E-state index is 12.7. The van der Waals surface area contributed by atoms with Gasteiger partial charge in [0.15, 0.2) is 6.61 Å². The Balaban J connectivity index is 1.23. The maximum absolute atomic E-state index is 12.7. The second kappa shape index (κ2) is 10.5. The summed E-state index contributed by atoms with van der Waals surface area (Å²) in [5.74, 6) is 0.847. The maximum Gasteiger partial charge on any atom is 0.338 e. The van der Waals surface area contributed by atoms with Crippen LogP contribution in [0, 0.1) is 22.7 Å². The molecule has 1 aliphatic carbocycles. The monoisotopic (exact) mass is 542 g/mol. The fourth-order valence-electron chi connectivity index (χ4n) is 4.93. The number of carbonyl (C=O) groups excluding carboxylic acids is 2. The lowest BCUT2D eigenvalue weighted by atomic mass is 9.72. The van der Waals surface area contributed by atoms with Gasteiger partial charge < -0.3 is 19.8 Å². The standard InChI is InChI=1S/C30H30N4O4S/c1-30(2,3)19-8-11-21-22(15-31)28(39-25(21)14-19)34-26(35)16-38-29(36)18-7-12-23-24(13-18)33-27(32-23)17-5-9-20(37-4)10-6-17/h5-7,9-10,12-13,19H,8,11,14,16H2,1-4H3,(H,32,33)(H,34,35). The summed E-state index contributed by atoms with van der Waals surface area (Å²) in [7, 11) is 1.61. The van der Waals surface area contributed by atoms with E-state index in [0.29, 0.717) is 38.9 Å². The van der Waals surface area contributed by atoms with Gasteiger partial charge in [-0.3, -0.25) is 4.79 Å². The molecule has 0 saturated carbocycles. The van der Waals surface area contributed by atoms with Crippen molar-refractivity contribution >= 4 is 39.2 Å². The quantitative estimate of drug-likeness (QED) is 0.284. The lowest BCUT2D eigenvalue weighted by molar-refractivity contribution is -0.119. The predicted octanol–water partition coefficient (Wildman–Crippen LogP) is 6.12. The number of benzene rings is 2. The number of nitrogens with one attached hydrogen (secondary N) is 2. The number of carbonyl (C=O) groups is 2. The zero-order valence-electron chi connectivity index (χ0n) is 22.4. The Bertz CT molecular complexity index is 1590. The number of fused-ring (bicyclic) bond motifs is 2. The molecule has 0 bridgehead atoms. The van der Waals surface area contributed by atoms with Crippen molar-refractivity contribution < 1.29 is 19.1 Å². The third-order valence-electron chi connectivity index (χ3n) is 7.27. The molecule has 1 amide bonds. The molecule has 8 nitrogen and oxygen atoms in total. The van der Waals surface area contributed by atoms with Gasteiger partial charge in [0.1, 0.15) is 22.6 Å². The predicted molar refractivity (Wildman–Crippen MR) is 151 cm³/mol. The first-order valence-electron chi connectivity index (χ1n) is 12.8. The van der Waals surface area contributed by atoms with Gasteiger partial charge in [0.25, 0.3) is 5.91 Å². The molecule has 0 aliphatic heterocycles. The Morgan fingerprint density at radius 1 is 1.21 bits per heavy atom. The smallest absolute Gasteiger partial charge is 0.338 e. The molecule has 2 aromatic heterocycles. The molecule has 1 unspecified atom stereocenters. The highest BCUT2D eigenvalue weighted by atomic mass is 32.1. The van der Waals surface area contributed by atoms with E-state index < -0.39 is 18.5 Å².